The summed E-state index contributed by atoms with van der Waals surface area (Å²) in [6.45, 7) is 0. The molecule has 2 heterocycles. The largest absolute Gasteiger partial charge is 0.343 e. The minimum absolute atomic E-state index is 0.219. The number of aromatic nitrogens is 4. The summed E-state index contributed by atoms with van der Waals surface area (Å²) in [5.41, 5.74) is -0.219. The van der Waals surface area contributed by atoms with Gasteiger partial charge in [0.1, 0.15) is 4.60 Å². The van der Waals surface area contributed by atoms with E-state index in [1.54, 1.807) is 7.05 Å². The summed E-state index contributed by atoms with van der Waals surface area (Å²) in [6.07, 6.45) is 0. The molecule has 0 bridgehead atoms. The Morgan fingerprint density at radius 2 is 2.50 bits per heavy atom. The fourth-order valence-electron chi connectivity index (χ4n) is 0.788. The van der Waals surface area contributed by atoms with Crippen molar-refractivity contribution in [3.63, 3.8) is 0 Å². The number of aromatic amines is 1. The van der Waals surface area contributed by atoms with Crippen LogP contribution in [0.3, 0.4) is 0 Å². The molecule has 0 atom stereocenters. The molecule has 8 heteroatoms. The van der Waals surface area contributed by atoms with E-state index in [1.807, 2.05) is 5.38 Å². The van der Waals surface area contributed by atoms with Gasteiger partial charge in [-0.25, -0.2) is 14.9 Å². The van der Waals surface area contributed by atoms with Crippen molar-refractivity contribution in [2.45, 2.75) is 9.50 Å². The Morgan fingerprint density at radius 1 is 1.71 bits per heavy atom. The number of halogens is 1. The molecule has 0 unspecified atom stereocenters. The van der Waals surface area contributed by atoms with E-state index in [4.69, 9.17) is 0 Å². The molecule has 0 aliphatic rings. The maximum atomic E-state index is 11.0. The standard InChI is InChI=1S/C6H5BrN4OS2/c1-11-4(12)9-10-5(11)14-6-8-3(7)2-13-6/h2H,1H3,(H,9,12). The third kappa shape index (κ3) is 1.91. The molecular formula is C6H5BrN4OS2. The molecule has 1 N–H and O–H groups in total. The number of rotatable bonds is 2. The molecule has 0 aromatic carbocycles. The Bertz CT molecular complexity index is 502. The van der Waals surface area contributed by atoms with Crippen LogP contribution in [0.15, 0.2) is 24.3 Å². The molecule has 0 fully saturated rings. The highest BCUT2D eigenvalue weighted by molar-refractivity contribution is 9.10. The van der Waals surface area contributed by atoms with Gasteiger partial charge in [-0.3, -0.25) is 4.57 Å². The van der Waals surface area contributed by atoms with E-state index in [1.165, 1.54) is 27.7 Å². The summed E-state index contributed by atoms with van der Waals surface area (Å²) in [4.78, 5) is 15.2. The molecule has 0 radical (unpaired) electrons. The topological polar surface area (TPSA) is 63.6 Å². The quantitative estimate of drug-likeness (QED) is 0.911. The van der Waals surface area contributed by atoms with Gasteiger partial charge in [0.05, 0.1) is 0 Å². The minimum atomic E-state index is -0.219. The van der Waals surface area contributed by atoms with Crippen molar-refractivity contribution >= 4 is 39.0 Å². The molecule has 74 valence electrons. The molecule has 0 saturated carbocycles. The number of thiazole rings is 1. The Morgan fingerprint density at radius 3 is 3.00 bits per heavy atom. The van der Waals surface area contributed by atoms with E-state index < -0.39 is 0 Å². The van der Waals surface area contributed by atoms with Crippen LogP contribution in [0.25, 0.3) is 0 Å². The predicted molar refractivity (Wildman–Crippen MR) is 57.8 cm³/mol. The first-order valence-corrected chi connectivity index (χ1v) is 6.06. The van der Waals surface area contributed by atoms with Crippen LogP contribution in [0, 0.1) is 0 Å². The van der Waals surface area contributed by atoms with Crippen LogP contribution in [0.5, 0.6) is 0 Å². The van der Waals surface area contributed by atoms with E-state index in [9.17, 15) is 4.79 Å². The Kier molecular flexibility index (Phi) is 2.75. The molecule has 5 nitrogen and oxygen atoms in total. The van der Waals surface area contributed by atoms with Gasteiger partial charge in [-0.1, -0.05) is 0 Å². The summed E-state index contributed by atoms with van der Waals surface area (Å²) >= 11 is 6.11. The van der Waals surface area contributed by atoms with Crippen LogP contribution in [-0.4, -0.2) is 19.7 Å². The average molecular weight is 293 g/mol. The first-order valence-electron chi connectivity index (χ1n) is 3.57. The van der Waals surface area contributed by atoms with Crippen LogP contribution < -0.4 is 5.69 Å². The van der Waals surface area contributed by atoms with Crippen LogP contribution in [0.2, 0.25) is 0 Å². The van der Waals surface area contributed by atoms with Crippen molar-refractivity contribution in [2.75, 3.05) is 0 Å². The van der Waals surface area contributed by atoms with Crippen molar-refractivity contribution in [3.05, 3.63) is 20.5 Å². The van der Waals surface area contributed by atoms with Crippen LogP contribution in [-0.2, 0) is 7.05 Å². The SMILES string of the molecule is Cn1c(Sc2nc(Br)cs2)n[nH]c1=O. The Hall–Kier alpha value is -0.600. The lowest BCUT2D eigenvalue weighted by Crippen LogP contribution is -2.12. The van der Waals surface area contributed by atoms with Crippen molar-refractivity contribution in [1.82, 2.24) is 19.7 Å². The van der Waals surface area contributed by atoms with E-state index in [-0.39, 0.29) is 5.69 Å². The van der Waals surface area contributed by atoms with E-state index in [2.05, 4.69) is 31.1 Å². The molecular weight excluding hydrogens is 288 g/mol. The highest BCUT2D eigenvalue weighted by Gasteiger charge is 2.08. The molecule has 0 aliphatic carbocycles. The maximum absolute atomic E-state index is 11.0. The van der Waals surface area contributed by atoms with Crippen LogP contribution >= 0.6 is 39.0 Å². The van der Waals surface area contributed by atoms with Crippen molar-refractivity contribution in [1.29, 1.82) is 0 Å². The molecule has 2 rings (SSSR count). The van der Waals surface area contributed by atoms with Crippen molar-refractivity contribution in [2.24, 2.45) is 7.05 Å². The van der Waals surface area contributed by atoms with Gasteiger partial charge in [0.25, 0.3) is 0 Å². The zero-order valence-electron chi connectivity index (χ0n) is 7.02. The Balaban J connectivity index is 2.27. The van der Waals surface area contributed by atoms with Crippen LogP contribution in [0.4, 0.5) is 0 Å². The van der Waals surface area contributed by atoms with E-state index >= 15 is 0 Å². The van der Waals surface area contributed by atoms with E-state index in [0.29, 0.717) is 5.16 Å². The first kappa shape index (κ1) is 9.94. The van der Waals surface area contributed by atoms with Gasteiger partial charge in [0.2, 0.25) is 0 Å². The number of hydrogen-bond acceptors (Lipinski definition) is 5. The number of nitrogens with one attached hydrogen (secondary N) is 1. The predicted octanol–water partition coefficient (Wildman–Crippen LogP) is 1.48. The van der Waals surface area contributed by atoms with Gasteiger partial charge < -0.3 is 0 Å². The molecule has 14 heavy (non-hydrogen) atoms. The fraction of sp³-hybridized carbons (Fsp3) is 0.167. The lowest BCUT2D eigenvalue weighted by atomic mass is 11.0. The maximum Gasteiger partial charge on any atom is 0.343 e. The fourth-order valence-corrected chi connectivity index (χ4v) is 3.05. The molecule has 0 amide bonds. The lowest BCUT2D eigenvalue weighted by Gasteiger charge is -1.93. The van der Waals surface area contributed by atoms with Gasteiger partial charge in [-0.05, 0) is 27.7 Å². The minimum Gasteiger partial charge on any atom is -0.273 e. The summed E-state index contributed by atoms with van der Waals surface area (Å²) in [7, 11) is 1.66. The summed E-state index contributed by atoms with van der Waals surface area (Å²) < 4.78 is 3.09. The van der Waals surface area contributed by atoms with Gasteiger partial charge in [-0.2, -0.15) is 0 Å². The van der Waals surface area contributed by atoms with Gasteiger partial charge in [0, 0.05) is 12.4 Å². The van der Waals surface area contributed by atoms with Crippen molar-refractivity contribution < 1.29 is 0 Å². The third-order valence-corrected chi connectivity index (χ3v) is 4.17. The normalized spacial score (nSPS) is 10.7. The average Bonchev–Trinajstić information content (AvgIpc) is 2.67. The molecule has 0 saturated heterocycles. The second-order valence-corrected chi connectivity index (χ2v) is 5.29. The van der Waals surface area contributed by atoms with Crippen LogP contribution in [0.1, 0.15) is 0 Å². The Labute approximate surface area is 95.7 Å². The monoisotopic (exact) mass is 292 g/mol. The molecule has 0 aliphatic heterocycles. The third-order valence-electron chi connectivity index (χ3n) is 1.47. The molecule has 2 aromatic heterocycles. The highest BCUT2D eigenvalue weighted by Crippen LogP contribution is 2.29. The van der Waals surface area contributed by atoms with Gasteiger partial charge >= 0.3 is 5.69 Å². The number of nitrogens with zero attached hydrogens (tertiary/aromatic N) is 3. The zero-order chi connectivity index (χ0) is 10.1. The second kappa shape index (κ2) is 3.87. The summed E-state index contributed by atoms with van der Waals surface area (Å²) in [6, 6.07) is 0. The summed E-state index contributed by atoms with van der Waals surface area (Å²) in [5.74, 6) is 0. The number of H-pyrrole nitrogens is 1. The van der Waals surface area contributed by atoms with E-state index in [0.717, 1.165) is 8.94 Å². The zero-order valence-corrected chi connectivity index (χ0v) is 10.2. The second-order valence-electron chi connectivity index (χ2n) is 2.41. The molecule has 2 aromatic rings. The molecule has 0 spiro atoms. The van der Waals surface area contributed by atoms with Crippen molar-refractivity contribution in [3.8, 4) is 0 Å². The highest BCUT2D eigenvalue weighted by atomic mass is 79.9. The lowest BCUT2D eigenvalue weighted by molar-refractivity contribution is 0.765. The van der Waals surface area contributed by atoms with Gasteiger partial charge in [0.15, 0.2) is 9.50 Å². The smallest absolute Gasteiger partial charge is 0.273 e. The number of hydrogen-bond donors (Lipinski definition) is 1. The summed E-state index contributed by atoms with van der Waals surface area (Å²) in [5, 5.41) is 8.72. The van der Waals surface area contributed by atoms with Gasteiger partial charge in [-0.15, -0.1) is 16.4 Å². The first-order chi connectivity index (χ1) is 6.66.